The van der Waals surface area contributed by atoms with Crippen LogP contribution in [0.15, 0.2) is 11.1 Å². The fourth-order valence-corrected chi connectivity index (χ4v) is 2.09. The molecule has 1 heterocycles. The van der Waals surface area contributed by atoms with Gasteiger partial charge in [0.15, 0.2) is 5.11 Å². The summed E-state index contributed by atoms with van der Waals surface area (Å²) in [5.74, 6) is 1.57. The lowest BCUT2D eigenvalue weighted by Crippen LogP contribution is -2.43. The molecule has 1 aromatic rings. The van der Waals surface area contributed by atoms with Crippen molar-refractivity contribution in [3.8, 4) is 0 Å². The summed E-state index contributed by atoms with van der Waals surface area (Å²) >= 11 is 5.31. The molecule has 0 unspecified atom stereocenters. The van der Waals surface area contributed by atoms with Crippen LogP contribution in [0.3, 0.4) is 0 Å². The van der Waals surface area contributed by atoms with Gasteiger partial charge in [-0.2, -0.15) is 0 Å². The molecule has 22 heavy (non-hydrogen) atoms. The fraction of sp³-hybridized carbons (Fsp3) is 0.600. The van der Waals surface area contributed by atoms with Crippen molar-refractivity contribution in [3.63, 3.8) is 0 Å². The summed E-state index contributed by atoms with van der Waals surface area (Å²) in [5.41, 5.74) is 1.83. The van der Waals surface area contributed by atoms with Crippen molar-refractivity contribution in [2.24, 2.45) is 10.9 Å². The molecule has 1 fully saturated rings. The molecule has 0 aliphatic heterocycles. The van der Waals surface area contributed by atoms with Crippen LogP contribution in [0.1, 0.15) is 38.1 Å². The van der Waals surface area contributed by atoms with E-state index >= 15 is 0 Å². The number of aromatic nitrogens is 2. The molecule has 7 heteroatoms. The molecule has 0 aromatic carbocycles. The molecule has 1 saturated carbocycles. The quantitative estimate of drug-likeness (QED) is 0.448. The van der Waals surface area contributed by atoms with Crippen molar-refractivity contribution >= 4 is 29.2 Å². The highest BCUT2D eigenvalue weighted by Gasteiger charge is 2.22. The first-order valence-electron chi connectivity index (χ1n) is 7.63. The Morgan fingerprint density at radius 2 is 1.95 bits per heavy atom. The number of hydrogen-bond acceptors (Lipinski definition) is 4. The van der Waals surface area contributed by atoms with Gasteiger partial charge in [0, 0.05) is 24.0 Å². The second-order valence-corrected chi connectivity index (χ2v) is 6.46. The van der Waals surface area contributed by atoms with Gasteiger partial charge in [-0.1, -0.05) is 13.8 Å². The number of thiocarbonyl (C=S) groups is 1. The van der Waals surface area contributed by atoms with Gasteiger partial charge in [0.1, 0.15) is 0 Å². The summed E-state index contributed by atoms with van der Waals surface area (Å²) in [4.78, 5) is 13.3. The summed E-state index contributed by atoms with van der Waals surface area (Å²) in [5, 5.41) is 10.1. The molecule has 120 valence electrons. The predicted molar refractivity (Wildman–Crippen MR) is 94.2 cm³/mol. The third-order valence-corrected chi connectivity index (χ3v) is 3.19. The Kier molecular flexibility index (Phi) is 5.65. The molecule has 0 amide bonds. The van der Waals surface area contributed by atoms with Crippen molar-refractivity contribution in [2.75, 3.05) is 11.9 Å². The summed E-state index contributed by atoms with van der Waals surface area (Å²) in [6, 6.07) is 2.44. The minimum atomic E-state index is 0.462. The monoisotopic (exact) mass is 320 g/mol. The van der Waals surface area contributed by atoms with Crippen LogP contribution >= 0.6 is 12.2 Å². The van der Waals surface area contributed by atoms with Crippen LogP contribution < -0.4 is 16.0 Å². The largest absolute Gasteiger partial charge is 0.360 e. The van der Waals surface area contributed by atoms with E-state index in [9.17, 15) is 0 Å². The van der Waals surface area contributed by atoms with Crippen LogP contribution in [0.5, 0.6) is 0 Å². The van der Waals surface area contributed by atoms with Gasteiger partial charge in [0.2, 0.25) is 11.9 Å². The van der Waals surface area contributed by atoms with E-state index in [0.717, 1.165) is 11.4 Å². The van der Waals surface area contributed by atoms with E-state index in [-0.39, 0.29) is 0 Å². The third kappa shape index (κ3) is 5.93. The highest BCUT2D eigenvalue weighted by Crippen LogP contribution is 2.18. The molecule has 1 aliphatic rings. The van der Waals surface area contributed by atoms with Crippen molar-refractivity contribution in [2.45, 2.75) is 46.6 Å². The Bertz CT molecular complexity index is 545. The van der Waals surface area contributed by atoms with E-state index in [1.165, 1.54) is 12.8 Å². The lowest BCUT2D eigenvalue weighted by Gasteiger charge is -2.14. The molecule has 3 N–H and O–H groups in total. The van der Waals surface area contributed by atoms with Gasteiger partial charge in [-0.05, 0) is 50.9 Å². The number of hydrogen-bond donors (Lipinski definition) is 3. The summed E-state index contributed by atoms with van der Waals surface area (Å²) < 4.78 is 0. The summed E-state index contributed by atoms with van der Waals surface area (Å²) in [7, 11) is 0. The van der Waals surface area contributed by atoms with Gasteiger partial charge in [-0.15, -0.1) is 0 Å². The maximum atomic E-state index is 5.31. The molecule has 0 spiro atoms. The first kappa shape index (κ1) is 16.6. The Hall–Kier alpha value is -1.76. The topological polar surface area (TPSA) is 74.2 Å². The standard InChI is InChI=1S/C15H24N6S/c1-9(2)8-16-13(21-15(22)19-12-5-6-12)20-14-17-10(3)7-11(4)18-14/h7,9,12H,5-6,8H2,1-4H3,(H3,16,17,18,19,20,21,22). The zero-order chi connectivity index (χ0) is 16.1. The first-order valence-corrected chi connectivity index (χ1v) is 8.04. The zero-order valence-corrected chi connectivity index (χ0v) is 14.4. The SMILES string of the molecule is Cc1cc(C)nc(NC(=NCC(C)C)NC(=S)NC2CC2)n1. The number of nitrogens with zero attached hydrogens (tertiary/aromatic N) is 3. The Balaban J connectivity index is 2.05. The summed E-state index contributed by atoms with van der Waals surface area (Å²) in [6.45, 7) is 8.82. The minimum Gasteiger partial charge on any atom is -0.360 e. The van der Waals surface area contributed by atoms with E-state index < -0.39 is 0 Å². The van der Waals surface area contributed by atoms with Crippen molar-refractivity contribution in [3.05, 3.63) is 17.5 Å². The van der Waals surface area contributed by atoms with Crippen LogP contribution in [0.25, 0.3) is 0 Å². The molecular weight excluding hydrogens is 296 g/mol. The number of guanidine groups is 1. The molecule has 0 saturated heterocycles. The lowest BCUT2D eigenvalue weighted by molar-refractivity contribution is 0.664. The number of anilines is 1. The molecular formula is C15H24N6S. The van der Waals surface area contributed by atoms with Gasteiger partial charge in [-0.25, -0.2) is 9.97 Å². The van der Waals surface area contributed by atoms with E-state index in [1.807, 2.05) is 19.9 Å². The normalized spacial score (nSPS) is 14.9. The number of aliphatic imine (C=N–C) groups is 1. The Morgan fingerprint density at radius 3 is 2.50 bits per heavy atom. The maximum Gasteiger partial charge on any atom is 0.229 e. The number of rotatable bonds is 4. The minimum absolute atomic E-state index is 0.462. The highest BCUT2D eigenvalue weighted by molar-refractivity contribution is 7.80. The van der Waals surface area contributed by atoms with Gasteiger partial charge in [-0.3, -0.25) is 10.3 Å². The van der Waals surface area contributed by atoms with Crippen LogP contribution in [0.4, 0.5) is 5.95 Å². The average molecular weight is 320 g/mol. The van der Waals surface area contributed by atoms with Crippen molar-refractivity contribution < 1.29 is 0 Å². The molecule has 0 bridgehead atoms. The van der Waals surface area contributed by atoms with E-state index in [0.29, 0.717) is 35.5 Å². The zero-order valence-electron chi connectivity index (χ0n) is 13.6. The first-order chi connectivity index (χ1) is 10.4. The van der Waals surface area contributed by atoms with Crippen LogP contribution in [0.2, 0.25) is 0 Å². The van der Waals surface area contributed by atoms with E-state index in [4.69, 9.17) is 12.2 Å². The number of aryl methyl sites for hydroxylation is 2. The smallest absolute Gasteiger partial charge is 0.229 e. The molecule has 2 rings (SSSR count). The molecule has 1 aromatic heterocycles. The van der Waals surface area contributed by atoms with Gasteiger partial charge >= 0.3 is 0 Å². The molecule has 6 nitrogen and oxygen atoms in total. The van der Waals surface area contributed by atoms with Crippen molar-refractivity contribution in [1.29, 1.82) is 0 Å². The van der Waals surface area contributed by atoms with Crippen molar-refractivity contribution in [1.82, 2.24) is 20.6 Å². The Morgan fingerprint density at radius 1 is 1.32 bits per heavy atom. The highest BCUT2D eigenvalue weighted by atomic mass is 32.1. The third-order valence-electron chi connectivity index (χ3n) is 2.97. The number of nitrogens with one attached hydrogen (secondary N) is 3. The maximum absolute atomic E-state index is 5.31. The van der Waals surface area contributed by atoms with Crippen LogP contribution in [0, 0.1) is 19.8 Å². The molecule has 0 atom stereocenters. The molecule has 0 radical (unpaired) electrons. The van der Waals surface area contributed by atoms with Crippen LogP contribution in [-0.4, -0.2) is 33.6 Å². The van der Waals surface area contributed by atoms with Gasteiger partial charge < -0.3 is 10.6 Å². The lowest BCUT2D eigenvalue weighted by atomic mass is 10.2. The molecule has 1 aliphatic carbocycles. The second kappa shape index (κ2) is 7.49. The summed E-state index contributed by atoms with van der Waals surface area (Å²) in [6.07, 6.45) is 2.35. The fourth-order valence-electron chi connectivity index (χ4n) is 1.83. The average Bonchev–Trinajstić information content (AvgIpc) is 3.18. The van der Waals surface area contributed by atoms with E-state index in [1.54, 1.807) is 0 Å². The van der Waals surface area contributed by atoms with E-state index in [2.05, 4.69) is 44.8 Å². The predicted octanol–water partition coefficient (Wildman–Crippen LogP) is 2.14. The Labute approximate surface area is 137 Å². The van der Waals surface area contributed by atoms with Crippen LogP contribution in [-0.2, 0) is 0 Å². The van der Waals surface area contributed by atoms with Gasteiger partial charge in [0.05, 0.1) is 0 Å². The van der Waals surface area contributed by atoms with Gasteiger partial charge in [0.25, 0.3) is 0 Å². The second-order valence-electron chi connectivity index (χ2n) is 6.06.